The molecule has 4 heteroatoms. The van der Waals surface area contributed by atoms with Crippen molar-refractivity contribution in [2.75, 3.05) is 27.3 Å². The molecule has 0 spiro atoms. The summed E-state index contributed by atoms with van der Waals surface area (Å²) in [6.45, 7) is 1.78. The van der Waals surface area contributed by atoms with Crippen LogP contribution in [0.15, 0.2) is 18.3 Å². The van der Waals surface area contributed by atoms with E-state index < -0.39 is 0 Å². The van der Waals surface area contributed by atoms with Crippen molar-refractivity contribution in [3.8, 4) is 5.75 Å². The molecule has 15 heavy (non-hydrogen) atoms. The first-order chi connectivity index (χ1) is 7.28. The second-order valence-electron chi connectivity index (χ2n) is 3.85. The molecule has 0 bridgehead atoms. The highest BCUT2D eigenvalue weighted by molar-refractivity contribution is 5.24. The molecule has 0 atom stereocenters. The molecule has 2 rings (SSSR count). The first kappa shape index (κ1) is 10.4. The third kappa shape index (κ3) is 2.11. The van der Waals surface area contributed by atoms with Gasteiger partial charge in [0.1, 0.15) is 5.75 Å². The van der Waals surface area contributed by atoms with Crippen LogP contribution < -0.4 is 10.1 Å². The van der Waals surface area contributed by atoms with Gasteiger partial charge < -0.3 is 14.8 Å². The average Bonchev–Trinajstić information content (AvgIpc) is 2.24. The molecule has 0 saturated carbocycles. The Kier molecular flexibility index (Phi) is 2.88. The Bertz CT molecular complexity index is 332. The van der Waals surface area contributed by atoms with Crippen LogP contribution in [0.3, 0.4) is 0 Å². The molecule has 0 amide bonds. The lowest BCUT2D eigenvalue weighted by molar-refractivity contribution is -0.0508. The van der Waals surface area contributed by atoms with E-state index in [4.69, 9.17) is 9.47 Å². The van der Waals surface area contributed by atoms with Crippen LogP contribution in [0.25, 0.3) is 0 Å². The average molecular weight is 208 g/mol. The van der Waals surface area contributed by atoms with Crippen molar-refractivity contribution in [1.82, 2.24) is 10.3 Å². The molecule has 1 saturated heterocycles. The zero-order chi connectivity index (χ0) is 10.7. The number of nitrogens with one attached hydrogen (secondary N) is 1. The van der Waals surface area contributed by atoms with Gasteiger partial charge in [-0.2, -0.15) is 0 Å². The second-order valence-corrected chi connectivity index (χ2v) is 3.85. The highest BCUT2D eigenvalue weighted by atomic mass is 16.5. The van der Waals surface area contributed by atoms with Crippen LogP contribution >= 0.6 is 0 Å². The summed E-state index contributed by atoms with van der Waals surface area (Å²) in [5.74, 6) is 0.846. The van der Waals surface area contributed by atoms with Crippen molar-refractivity contribution in [2.45, 2.75) is 12.0 Å². The van der Waals surface area contributed by atoms with E-state index in [2.05, 4.69) is 10.3 Å². The number of aromatic nitrogens is 1. The highest BCUT2D eigenvalue weighted by Crippen LogP contribution is 2.22. The van der Waals surface area contributed by atoms with Crippen LogP contribution in [-0.2, 0) is 11.2 Å². The Morgan fingerprint density at radius 1 is 1.47 bits per heavy atom. The summed E-state index contributed by atoms with van der Waals surface area (Å²) < 4.78 is 10.7. The van der Waals surface area contributed by atoms with Gasteiger partial charge in [-0.25, -0.2) is 0 Å². The fraction of sp³-hybridized carbons (Fsp3) is 0.545. The summed E-state index contributed by atoms with van der Waals surface area (Å²) in [6, 6.07) is 3.81. The van der Waals surface area contributed by atoms with Crippen molar-refractivity contribution in [3.05, 3.63) is 24.0 Å². The van der Waals surface area contributed by atoms with Gasteiger partial charge in [-0.05, 0) is 6.07 Å². The van der Waals surface area contributed by atoms with Crippen LogP contribution in [0.2, 0.25) is 0 Å². The van der Waals surface area contributed by atoms with E-state index in [1.165, 1.54) is 0 Å². The van der Waals surface area contributed by atoms with Crippen molar-refractivity contribution >= 4 is 0 Å². The molecule has 2 heterocycles. The lowest BCUT2D eigenvalue weighted by Gasteiger charge is -2.41. The fourth-order valence-electron chi connectivity index (χ4n) is 1.76. The third-order valence-electron chi connectivity index (χ3n) is 2.85. The standard InChI is InChI=1S/C11H16N2O2/c1-14-10-3-4-13-9(5-10)6-11(15-2)7-12-8-11/h3-5,12H,6-8H2,1-2H3. The highest BCUT2D eigenvalue weighted by Gasteiger charge is 2.37. The number of hydrogen-bond donors (Lipinski definition) is 1. The van der Waals surface area contributed by atoms with E-state index in [-0.39, 0.29) is 5.60 Å². The molecule has 1 fully saturated rings. The molecular weight excluding hydrogens is 192 g/mol. The third-order valence-corrected chi connectivity index (χ3v) is 2.85. The number of rotatable bonds is 4. The van der Waals surface area contributed by atoms with Gasteiger partial charge in [0.2, 0.25) is 0 Å². The van der Waals surface area contributed by atoms with E-state index in [1.54, 1.807) is 20.4 Å². The van der Waals surface area contributed by atoms with Crippen molar-refractivity contribution in [3.63, 3.8) is 0 Å². The molecule has 1 aromatic rings. The number of nitrogens with zero attached hydrogens (tertiary/aromatic N) is 1. The van der Waals surface area contributed by atoms with Gasteiger partial charge in [0.05, 0.1) is 12.7 Å². The lowest BCUT2D eigenvalue weighted by Crippen LogP contribution is -2.62. The van der Waals surface area contributed by atoms with Gasteiger partial charge in [0.25, 0.3) is 0 Å². The minimum atomic E-state index is -0.0701. The first-order valence-electron chi connectivity index (χ1n) is 5.03. The van der Waals surface area contributed by atoms with Gasteiger partial charge in [0.15, 0.2) is 0 Å². The Balaban J connectivity index is 2.09. The van der Waals surface area contributed by atoms with E-state index in [1.807, 2.05) is 12.1 Å². The van der Waals surface area contributed by atoms with Crippen molar-refractivity contribution < 1.29 is 9.47 Å². The topological polar surface area (TPSA) is 43.4 Å². The summed E-state index contributed by atoms with van der Waals surface area (Å²) >= 11 is 0. The SMILES string of the molecule is COc1ccnc(CC2(OC)CNC2)c1. The largest absolute Gasteiger partial charge is 0.497 e. The summed E-state index contributed by atoms with van der Waals surface area (Å²) in [6.07, 6.45) is 2.59. The minimum Gasteiger partial charge on any atom is -0.497 e. The van der Waals surface area contributed by atoms with Gasteiger partial charge in [-0.15, -0.1) is 0 Å². The quantitative estimate of drug-likeness (QED) is 0.787. The normalized spacial score (nSPS) is 18.3. The Morgan fingerprint density at radius 3 is 2.80 bits per heavy atom. The van der Waals surface area contributed by atoms with Crippen LogP contribution in [-0.4, -0.2) is 37.9 Å². The molecule has 0 aromatic carbocycles. The van der Waals surface area contributed by atoms with Crippen molar-refractivity contribution in [2.24, 2.45) is 0 Å². The predicted molar refractivity (Wildman–Crippen MR) is 57.1 cm³/mol. The maximum atomic E-state index is 5.51. The maximum absolute atomic E-state index is 5.51. The molecule has 1 aliphatic rings. The van der Waals surface area contributed by atoms with Gasteiger partial charge >= 0.3 is 0 Å². The van der Waals surface area contributed by atoms with Crippen LogP contribution in [0.5, 0.6) is 5.75 Å². The molecule has 1 N–H and O–H groups in total. The van der Waals surface area contributed by atoms with E-state index in [0.29, 0.717) is 0 Å². The monoisotopic (exact) mass is 208 g/mol. The number of hydrogen-bond acceptors (Lipinski definition) is 4. The van der Waals surface area contributed by atoms with E-state index >= 15 is 0 Å². The zero-order valence-corrected chi connectivity index (χ0v) is 9.12. The fourth-order valence-corrected chi connectivity index (χ4v) is 1.76. The molecule has 0 aliphatic carbocycles. The van der Waals surface area contributed by atoms with E-state index in [9.17, 15) is 0 Å². The molecule has 1 aromatic heterocycles. The van der Waals surface area contributed by atoms with Crippen LogP contribution in [0, 0.1) is 0 Å². The minimum absolute atomic E-state index is 0.0701. The summed E-state index contributed by atoms with van der Waals surface area (Å²) in [4.78, 5) is 4.31. The zero-order valence-electron chi connectivity index (χ0n) is 9.12. The lowest BCUT2D eigenvalue weighted by atomic mass is 9.91. The molecule has 4 nitrogen and oxygen atoms in total. The molecule has 0 unspecified atom stereocenters. The Morgan fingerprint density at radius 2 is 2.27 bits per heavy atom. The van der Waals surface area contributed by atoms with Crippen molar-refractivity contribution in [1.29, 1.82) is 0 Å². The molecule has 82 valence electrons. The Hall–Kier alpha value is -1.13. The number of pyridine rings is 1. The summed E-state index contributed by atoms with van der Waals surface area (Å²) in [5, 5.41) is 3.22. The number of ether oxygens (including phenoxy) is 2. The Labute approximate surface area is 89.6 Å². The first-order valence-corrected chi connectivity index (χ1v) is 5.03. The second kappa shape index (κ2) is 4.16. The van der Waals surface area contributed by atoms with Gasteiger partial charge in [0, 0.05) is 44.6 Å². The predicted octanol–water partition coefficient (Wildman–Crippen LogP) is 0.621. The molecule has 0 radical (unpaired) electrons. The maximum Gasteiger partial charge on any atom is 0.122 e. The summed E-state index contributed by atoms with van der Waals surface area (Å²) in [7, 11) is 3.41. The van der Waals surface area contributed by atoms with E-state index in [0.717, 1.165) is 31.0 Å². The number of methoxy groups -OCH3 is 2. The molecular formula is C11H16N2O2. The van der Waals surface area contributed by atoms with Crippen LogP contribution in [0.4, 0.5) is 0 Å². The summed E-state index contributed by atoms with van der Waals surface area (Å²) in [5.41, 5.74) is 0.942. The smallest absolute Gasteiger partial charge is 0.122 e. The molecule has 1 aliphatic heterocycles. The van der Waals surface area contributed by atoms with Gasteiger partial charge in [-0.1, -0.05) is 0 Å². The van der Waals surface area contributed by atoms with Crippen LogP contribution in [0.1, 0.15) is 5.69 Å². The van der Waals surface area contributed by atoms with Gasteiger partial charge in [-0.3, -0.25) is 4.98 Å².